The largest absolute Gasteiger partial charge is 0.413 e. The van der Waals surface area contributed by atoms with E-state index < -0.39 is 14.4 Å². The fraction of sp³-hybridized carbons (Fsp3) is 0.850. The Hall–Kier alpha value is -0.453. The molecule has 0 aromatic heterocycles. The summed E-state index contributed by atoms with van der Waals surface area (Å²) in [7, 11) is -1.91. The van der Waals surface area contributed by atoms with Crippen LogP contribution < -0.4 is 0 Å². The first-order valence-corrected chi connectivity index (χ1v) is 12.2. The van der Waals surface area contributed by atoms with E-state index in [2.05, 4.69) is 54.6 Å². The summed E-state index contributed by atoms with van der Waals surface area (Å²) in [4.78, 5) is 10.9. The van der Waals surface area contributed by atoms with E-state index in [0.29, 0.717) is 11.5 Å². The molecule has 0 amide bonds. The third-order valence-corrected chi connectivity index (χ3v) is 10.2. The standard InChI is InChI=1S/C20H40O3Si/c1-11-15(3)19(23-24(9,10)20(6,7)8)17(5)18(22)16(4)12-14(2)13-21/h12-13,15-19,22H,11H2,1-10H3/b14-12+/t15-,16+,17+,18+,19+/m0/s1. The zero-order valence-corrected chi connectivity index (χ0v) is 18.5. The molecule has 24 heavy (non-hydrogen) atoms. The van der Waals surface area contributed by atoms with Gasteiger partial charge >= 0.3 is 0 Å². The van der Waals surface area contributed by atoms with Gasteiger partial charge < -0.3 is 9.53 Å². The van der Waals surface area contributed by atoms with Crippen molar-refractivity contribution < 1.29 is 14.3 Å². The van der Waals surface area contributed by atoms with Gasteiger partial charge in [-0.3, -0.25) is 4.79 Å². The molecule has 1 N–H and O–H groups in total. The van der Waals surface area contributed by atoms with Crippen molar-refractivity contribution in [2.24, 2.45) is 17.8 Å². The molecule has 0 aromatic carbocycles. The van der Waals surface area contributed by atoms with Crippen molar-refractivity contribution in [3.05, 3.63) is 11.6 Å². The topological polar surface area (TPSA) is 46.5 Å². The van der Waals surface area contributed by atoms with Crippen LogP contribution in [0.15, 0.2) is 11.6 Å². The predicted molar refractivity (Wildman–Crippen MR) is 106 cm³/mol. The van der Waals surface area contributed by atoms with Crippen LogP contribution in [0.4, 0.5) is 0 Å². The van der Waals surface area contributed by atoms with Crippen molar-refractivity contribution in [1.29, 1.82) is 0 Å². The molecule has 0 saturated heterocycles. The fourth-order valence-corrected chi connectivity index (χ4v) is 4.20. The van der Waals surface area contributed by atoms with E-state index in [4.69, 9.17) is 4.43 Å². The lowest BCUT2D eigenvalue weighted by molar-refractivity contribution is -0.104. The Morgan fingerprint density at radius 2 is 1.71 bits per heavy atom. The molecule has 3 nitrogen and oxygen atoms in total. The first-order chi connectivity index (χ1) is 10.8. The van der Waals surface area contributed by atoms with Crippen LogP contribution in [0.5, 0.6) is 0 Å². The highest BCUT2D eigenvalue weighted by atomic mass is 28.4. The zero-order valence-electron chi connectivity index (χ0n) is 17.5. The molecule has 0 aliphatic rings. The molecule has 0 aliphatic heterocycles. The van der Waals surface area contributed by atoms with Crippen LogP contribution in [0.25, 0.3) is 0 Å². The normalized spacial score (nSPS) is 20.2. The van der Waals surface area contributed by atoms with Crippen molar-refractivity contribution in [2.75, 3.05) is 0 Å². The summed E-state index contributed by atoms with van der Waals surface area (Å²) in [5.74, 6) is 0.326. The Morgan fingerprint density at radius 1 is 1.21 bits per heavy atom. The minimum Gasteiger partial charge on any atom is -0.413 e. The van der Waals surface area contributed by atoms with Gasteiger partial charge in [0.2, 0.25) is 0 Å². The number of aliphatic hydroxyl groups excluding tert-OH is 1. The van der Waals surface area contributed by atoms with Gasteiger partial charge in [-0.2, -0.15) is 0 Å². The van der Waals surface area contributed by atoms with E-state index in [1.165, 1.54) is 0 Å². The number of allylic oxidation sites excluding steroid dienone is 1. The molecular formula is C20H40O3Si. The van der Waals surface area contributed by atoms with E-state index in [1.54, 1.807) is 6.92 Å². The summed E-state index contributed by atoms with van der Waals surface area (Å²) in [6, 6.07) is 0. The van der Waals surface area contributed by atoms with Gasteiger partial charge in [-0.15, -0.1) is 0 Å². The molecule has 0 saturated carbocycles. The van der Waals surface area contributed by atoms with E-state index in [9.17, 15) is 9.90 Å². The van der Waals surface area contributed by atoms with Crippen LogP contribution in [-0.4, -0.2) is 31.9 Å². The molecule has 0 aliphatic carbocycles. The quantitative estimate of drug-likeness (QED) is 0.351. The number of aldehydes is 1. The lowest BCUT2D eigenvalue weighted by Gasteiger charge is -2.44. The highest BCUT2D eigenvalue weighted by Gasteiger charge is 2.42. The van der Waals surface area contributed by atoms with Gasteiger partial charge in [-0.1, -0.05) is 61.0 Å². The van der Waals surface area contributed by atoms with E-state index >= 15 is 0 Å². The third kappa shape index (κ3) is 6.45. The van der Waals surface area contributed by atoms with Crippen LogP contribution in [0.2, 0.25) is 18.1 Å². The van der Waals surface area contributed by atoms with Crippen LogP contribution in [-0.2, 0) is 9.22 Å². The summed E-state index contributed by atoms with van der Waals surface area (Å²) in [6.07, 6.45) is 3.22. The maximum absolute atomic E-state index is 10.9. The molecular weight excluding hydrogens is 316 g/mol. The number of aliphatic hydroxyl groups is 1. The van der Waals surface area contributed by atoms with E-state index in [0.717, 1.165) is 12.7 Å². The summed E-state index contributed by atoms with van der Waals surface area (Å²) < 4.78 is 6.71. The molecule has 0 unspecified atom stereocenters. The molecule has 4 heteroatoms. The Balaban J connectivity index is 5.42. The smallest absolute Gasteiger partial charge is 0.192 e. The summed E-state index contributed by atoms with van der Waals surface area (Å²) >= 11 is 0. The number of rotatable bonds is 9. The van der Waals surface area contributed by atoms with Crippen LogP contribution >= 0.6 is 0 Å². The van der Waals surface area contributed by atoms with Crippen LogP contribution in [0.3, 0.4) is 0 Å². The molecule has 0 fully saturated rings. The highest BCUT2D eigenvalue weighted by Crippen LogP contribution is 2.40. The summed E-state index contributed by atoms with van der Waals surface area (Å²) in [5.41, 5.74) is 0.666. The first-order valence-electron chi connectivity index (χ1n) is 9.28. The van der Waals surface area contributed by atoms with Crippen LogP contribution in [0.1, 0.15) is 61.8 Å². The third-order valence-electron chi connectivity index (χ3n) is 5.75. The average molecular weight is 357 g/mol. The number of carbonyl (C=O) groups excluding carboxylic acids is 1. The second-order valence-electron chi connectivity index (χ2n) is 8.97. The Kier molecular flexibility index (Phi) is 9.13. The highest BCUT2D eigenvalue weighted by molar-refractivity contribution is 6.74. The van der Waals surface area contributed by atoms with Crippen molar-refractivity contribution in [2.45, 2.75) is 92.2 Å². The Labute approximate surface area is 151 Å². The van der Waals surface area contributed by atoms with Crippen molar-refractivity contribution in [1.82, 2.24) is 0 Å². The molecule has 5 atom stereocenters. The minimum absolute atomic E-state index is 0.0137. The number of carbonyl (C=O) groups is 1. The van der Waals surface area contributed by atoms with Gasteiger partial charge in [-0.25, -0.2) is 0 Å². The molecule has 0 aromatic rings. The fourth-order valence-electron chi connectivity index (χ4n) is 2.72. The van der Waals surface area contributed by atoms with E-state index in [1.807, 2.05) is 13.0 Å². The second kappa shape index (κ2) is 9.30. The van der Waals surface area contributed by atoms with Gasteiger partial charge in [0.05, 0.1) is 12.2 Å². The lowest BCUT2D eigenvalue weighted by Crippen LogP contribution is -2.49. The Morgan fingerprint density at radius 3 is 2.08 bits per heavy atom. The van der Waals surface area contributed by atoms with Crippen molar-refractivity contribution in [3.8, 4) is 0 Å². The number of hydrogen-bond donors (Lipinski definition) is 1. The van der Waals surface area contributed by atoms with Gasteiger partial charge in [-0.05, 0) is 36.5 Å². The molecule has 0 radical (unpaired) electrons. The zero-order chi connectivity index (χ0) is 19.3. The molecule has 0 rings (SSSR count). The summed E-state index contributed by atoms with van der Waals surface area (Å²) in [6.45, 7) is 21.5. The SMILES string of the molecule is CC[C@H](C)[C@@H](O[Si](C)(C)C(C)(C)C)[C@H](C)[C@H](O)[C@H](C)/C=C(\C)C=O. The van der Waals surface area contributed by atoms with E-state index in [-0.39, 0.29) is 23.0 Å². The van der Waals surface area contributed by atoms with Crippen LogP contribution in [0, 0.1) is 17.8 Å². The Bertz CT molecular complexity index is 423. The summed E-state index contributed by atoms with van der Waals surface area (Å²) in [5, 5.41) is 11.0. The monoisotopic (exact) mass is 356 g/mol. The second-order valence-corrected chi connectivity index (χ2v) is 13.7. The number of hydrogen-bond acceptors (Lipinski definition) is 3. The average Bonchev–Trinajstić information content (AvgIpc) is 2.48. The minimum atomic E-state index is -1.91. The van der Waals surface area contributed by atoms with Gasteiger partial charge in [0, 0.05) is 11.8 Å². The predicted octanol–water partition coefficient (Wildman–Crippen LogP) is 5.20. The lowest BCUT2D eigenvalue weighted by atomic mass is 9.83. The molecule has 0 heterocycles. The van der Waals surface area contributed by atoms with Crippen molar-refractivity contribution in [3.63, 3.8) is 0 Å². The van der Waals surface area contributed by atoms with Crippen molar-refractivity contribution >= 4 is 14.6 Å². The van der Waals surface area contributed by atoms with Gasteiger partial charge in [0.25, 0.3) is 0 Å². The molecule has 142 valence electrons. The maximum Gasteiger partial charge on any atom is 0.192 e. The van der Waals surface area contributed by atoms with Gasteiger partial charge in [0.15, 0.2) is 8.32 Å². The molecule has 0 spiro atoms. The molecule has 0 bridgehead atoms. The first kappa shape index (κ1) is 23.5. The maximum atomic E-state index is 10.9. The van der Waals surface area contributed by atoms with Gasteiger partial charge in [0.1, 0.15) is 6.29 Å².